The van der Waals surface area contributed by atoms with Crippen molar-refractivity contribution < 1.29 is 14.7 Å². The van der Waals surface area contributed by atoms with Crippen LogP contribution in [0.5, 0.6) is 0 Å². The minimum atomic E-state index is -0.776. The van der Waals surface area contributed by atoms with Gasteiger partial charge < -0.3 is 14.9 Å². The first-order valence-corrected chi connectivity index (χ1v) is 7.97. The van der Waals surface area contributed by atoms with Crippen molar-refractivity contribution >= 4 is 12.0 Å². The largest absolute Gasteiger partial charge is 0.481 e. The Balaban J connectivity index is 1.93. The molecule has 2 fully saturated rings. The summed E-state index contributed by atoms with van der Waals surface area (Å²) in [7, 11) is 1.86. The minimum Gasteiger partial charge on any atom is -0.481 e. The number of rotatable bonds is 4. The Morgan fingerprint density at radius 2 is 2.00 bits per heavy atom. The molecule has 1 N–H and O–H groups in total. The van der Waals surface area contributed by atoms with E-state index in [1.807, 2.05) is 16.8 Å². The van der Waals surface area contributed by atoms with Gasteiger partial charge in [-0.3, -0.25) is 4.79 Å². The fourth-order valence-corrected chi connectivity index (χ4v) is 3.24. The molecule has 3 atom stereocenters. The van der Waals surface area contributed by atoms with Crippen molar-refractivity contribution in [3.8, 4) is 0 Å². The summed E-state index contributed by atoms with van der Waals surface area (Å²) in [4.78, 5) is 27.6. The highest BCUT2D eigenvalue weighted by Gasteiger charge is 2.41. The lowest BCUT2D eigenvalue weighted by molar-refractivity contribution is -0.151. The molecule has 1 aliphatic carbocycles. The molecule has 5 nitrogen and oxygen atoms in total. The molecule has 21 heavy (non-hydrogen) atoms. The van der Waals surface area contributed by atoms with Crippen molar-refractivity contribution in [1.82, 2.24) is 9.80 Å². The molecular formula is C16H28N2O3. The molecule has 0 aromatic heterocycles. The van der Waals surface area contributed by atoms with Crippen molar-refractivity contribution in [2.45, 2.75) is 40.0 Å². The topological polar surface area (TPSA) is 60.9 Å². The number of carboxylic acid groups (broad SMARTS) is 1. The van der Waals surface area contributed by atoms with E-state index in [1.54, 1.807) is 13.8 Å². The van der Waals surface area contributed by atoms with Gasteiger partial charge in [-0.15, -0.1) is 0 Å². The number of likely N-dealkylation sites (tertiary alicyclic amines) is 1. The van der Waals surface area contributed by atoms with Gasteiger partial charge in [-0.1, -0.05) is 6.92 Å². The zero-order valence-corrected chi connectivity index (χ0v) is 13.6. The molecule has 0 bridgehead atoms. The zero-order chi connectivity index (χ0) is 15.8. The van der Waals surface area contributed by atoms with Gasteiger partial charge in [-0.2, -0.15) is 0 Å². The molecular weight excluding hydrogens is 268 g/mol. The van der Waals surface area contributed by atoms with Crippen LogP contribution in [0.4, 0.5) is 4.79 Å². The quantitative estimate of drug-likeness (QED) is 0.867. The highest BCUT2D eigenvalue weighted by Crippen LogP contribution is 2.38. The zero-order valence-electron chi connectivity index (χ0n) is 13.6. The number of aliphatic carboxylic acids is 1. The maximum atomic E-state index is 12.5. The van der Waals surface area contributed by atoms with Crippen LogP contribution >= 0.6 is 0 Å². The van der Waals surface area contributed by atoms with Crippen molar-refractivity contribution in [2.24, 2.45) is 23.2 Å². The smallest absolute Gasteiger partial charge is 0.319 e. The monoisotopic (exact) mass is 296 g/mol. The first kappa shape index (κ1) is 16.1. The van der Waals surface area contributed by atoms with Gasteiger partial charge in [0.25, 0.3) is 0 Å². The molecule has 5 heteroatoms. The Labute approximate surface area is 127 Å². The van der Waals surface area contributed by atoms with E-state index in [0.717, 1.165) is 31.8 Å². The van der Waals surface area contributed by atoms with Gasteiger partial charge in [0, 0.05) is 26.7 Å². The Bertz CT molecular complexity index is 422. The van der Waals surface area contributed by atoms with Gasteiger partial charge >= 0.3 is 12.0 Å². The predicted molar refractivity (Wildman–Crippen MR) is 81.0 cm³/mol. The maximum absolute atomic E-state index is 12.5. The van der Waals surface area contributed by atoms with Crippen molar-refractivity contribution in [3.05, 3.63) is 0 Å². The molecule has 2 amide bonds. The van der Waals surface area contributed by atoms with Gasteiger partial charge in [0.1, 0.15) is 0 Å². The summed E-state index contributed by atoms with van der Waals surface area (Å²) in [5, 5.41) is 9.37. The molecule has 3 unspecified atom stereocenters. The minimum absolute atomic E-state index is 0.0287. The molecule has 0 radical (unpaired) electrons. The van der Waals surface area contributed by atoms with E-state index in [-0.39, 0.29) is 11.9 Å². The average molecular weight is 296 g/mol. The van der Waals surface area contributed by atoms with Crippen LogP contribution in [0.3, 0.4) is 0 Å². The second-order valence-corrected chi connectivity index (χ2v) is 7.45. The van der Waals surface area contributed by atoms with E-state index in [0.29, 0.717) is 12.5 Å². The molecule has 2 aliphatic rings. The molecule has 1 heterocycles. The number of carbonyl (C=O) groups is 2. The average Bonchev–Trinajstić information content (AvgIpc) is 3.13. The van der Waals surface area contributed by atoms with E-state index in [1.165, 1.54) is 6.42 Å². The molecule has 0 spiro atoms. The van der Waals surface area contributed by atoms with E-state index in [2.05, 4.69) is 6.92 Å². The van der Waals surface area contributed by atoms with Crippen molar-refractivity contribution in [2.75, 3.05) is 26.7 Å². The van der Waals surface area contributed by atoms with Gasteiger partial charge in [-0.25, -0.2) is 4.79 Å². The number of amides is 2. The number of hydrogen-bond acceptors (Lipinski definition) is 2. The third kappa shape index (κ3) is 3.50. The lowest BCUT2D eigenvalue weighted by Gasteiger charge is -2.40. The van der Waals surface area contributed by atoms with Crippen molar-refractivity contribution in [1.29, 1.82) is 0 Å². The summed E-state index contributed by atoms with van der Waals surface area (Å²) < 4.78 is 0. The Morgan fingerprint density at radius 1 is 1.38 bits per heavy atom. The predicted octanol–water partition coefficient (Wildman–Crippen LogP) is 2.52. The number of nitrogens with zero attached hydrogens (tertiary/aromatic N) is 2. The van der Waals surface area contributed by atoms with Crippen LogP contribution in [-0.4, -0.2) is 53.6 Å². The van der Waals surface area contributed by atoms with Crippen LogP contribution in [0.1, 0.15) is 40.0 Å². The van der Waals surface area contributed by atoms with Gasteiger partial charge in [0.15, 0.2) is 0 Å². The molecule has 2 rings (SSSR count). The number of carbonyl (C=O) groups excluding carboxylic acids is 1. The SMILES string of the molecule is CC1CC1CN(C)C(=O)N1CCCC(C(C)(C)C(=O)O)C1. The Morgan fingerprint density at radius 3 is 2.52 bits per heavy atom. The lowest BCUT2D eigenvalue weighted by atomic mass is 9.74. The summed E-state index contributed by atoms with van der Waals surface area (Å²) >= 11 is 0. The number of urea groups is 1. The highest BCUT2D eigenvalue weighted by molar-refractivity contribution is 5.76. The van der Waals surface area contributed by atoms with Crippen LogP contribution in [0, 0.1) is 23.2 Å². The third-order valence-corrected chi connectivity index (χ3v) is 5.37. The Kier molecular flexibility index (Phi) is 4.49. The molecule has 1 saturated heterocycles. The molecule has 0 aromatic rings. The summed E-state index contributed by atoms with van der Waals surface area (Å²) in [6.07, 6.45) is 2.99. The number of piperidine rings is 1. The fraction of sp³-hybridized carbons (Fsp3) is 0.875. The molecule has 120 valence electrons. The summed E-state index contributed by atoms with van der Waals surface area (Å²) in [6.45, 7) is 7.88. The fourth-order valence-electron chi connectivity index (χ4n) is 3.24. The summed E-state index contributed by atoms with van der Waals surface area (Å²) in [5.74, 6) is 0.637. The van der Waals surface area contributed by atoms with Gasteiger partial charge in [0.05, 0.1) is 5.41 Å². The highest BCUT2D eigenvalue weighted by atomic mass is 16.4. The standard InChI is InChI=1S/C16H28N2O3/c1-11-8-12(11)9-17(4)15(21)18-7-5-6-13(10-18)16(2,3)14(19)20/h11-13H,5-10H2,1-4H3,(H,19,20). The van der Waals surface area contributed by atoms with Gasteiger partial charge in [0.2, 0.25) is 0 Å². The number of hydrogen-bond donors (Lipinski definition) is 1. The third-order valence-electron chi connectivity index (χ3n) is 5.37. The summed E-state index contributed by atoms with van der Waals surface area (Å²) in [5.41, 5.74) is -0.775. The normalized spacial score (nSPS) is 29.1. The number of carboxylic acids is 1. The van der Waals surface area contributed by atoms with Gasteiger partial charge in [-0.05, 0) is 50.9 Å². The van der Waals surface area contributed by atoms with Crippen LogP contribution in [0.2, 0.25) is 0 Å². The van der Waals surface area contributed by atoms with E-state index >= 15 is 0 Å². The second-order valence-electron chi connectivity index (χ2n) is 7.45. The molecule has 0 aromatic carbocycles. The Hall–Kier alpha value is -1.26. The van der Waals surface area contributed by atoms with Crippen LogP contribution in [-0.2, 0) is 4.79 Å². The van der Waals surface area contributed by atoms with Crippen LogP contribution < -0.4 is 0 Å². The van der Waals surface area contributed by atoms with Crippen molar-refractivity contribution in [3.63, 3.8) is 0 Å². The first-order chi connectivity index (χ1) is 9.73. The molecule has 1 saturated carbocycles. The maximum Gasteiger partial charge on any atom is 0.319 e. The van der Waals surface area contributed by atoms with E-state index in [4.69, 9.17) is 0 Å². The van der Waals surface area contributed by atoms with Crippen LogP contribution in [0.25, 0.3) is 0 Å². The first-order valence-electron chi connectivity index (χ1n) is 7.97. The molecule has 1 aliphatic heterocycles. The summed E-state index contributed by atoms with van der Waals surface area (Å²) in [6, 6.07) is 0.0555. The van der Waals surface area contributed by atoms with E-state index in [9.17, 15) is 14.7 Å². The van der Waals surface area contributed by atoms with E-state index < -0.39 is 11.4 Å². The van der Waals surface area contributed by atoms with Crippen LogP contribution in [0.15, 0.2) is 0 Å². The lowest BCUT2D eigenvalue weighted by Crippen LogP contribution is -2.50. The second kappa shape index (κ2) is 5.85.